The van der Waals surface area contributed by atoms with E-state index in [2.05, 4.69) is 29.2 Å². The Kier molecular flexibility index (Phi) is 3.42. The first kappa shape index (κ1) is 10.4. The minimum absolute atomic E-state index is 0.797. The number of hydrogen-bond donors (Lipinski definition) is 1. The van der Waals surface area contributed by atoms with Gasteiger partial charge in [-0.15, -0.1) is 0 Å². The smallest absolute Gasteiger partial charge is 0.0250 e. The van der Waals surface area contributed by atoms with Crippen LogP contribution in [0.15, 0.2) is 0 Å². The van der Waals surface area contributed by atoms with Crippen LogP contribution < -0.4 is 5.32 Å². The maximum atomic E-state index is 3.64. The summed E-state index contributed by atoms with van der Waals surface area (Å²) in [7, 11) is 4.32. The lowest BCUT2D eigenvalue weighted by Gasteiger charge is -2.38. The van der Waals surface area contributed by atoms with E-state index in [4.69, 9.17) is 0 Å². The Bertz CT molecular complexity index is 181. The summed E-state index contributed by atoms with van der Waals surface area (Å²) in [6, 6.07) is 1.63. The number of nitrogens with one attached hydrogen (secondary N) is 1. The maximum Gasteiger partial charge on any atom is 0.0250 e. The van der Waals surface area contributed by atoms with E-state index in [-0.39, 0.29) is 0 Å². The van der Waals surface area contributed by atoms with Gasteiger partial charge in [-0.3, -0.25) is 4.90 Å². The van der Waals surface area contributed by atoms with Crippen molar-refractivity contribution in [3.8, 4) is 0 Å². The summed E-state index contributed by atoms with van der Waals surface area (Å²) in [5.74, 6) is 0. The van der Waals surface area contributed by atoms with Gasteiger partial charge in [0.15, 0.2) is 0 Å². The lowest BCUT2D eigenvalue weighted by molar-refractivity contribution is 0.127. The predicted molar refractivity (Wildman–Crippen MR) is 59.6 cm³/mol. The minimum Gasteiger partial charge on any atom is -0.311 e. The molecule has 0 amide bonds. The van der Waals surface area contributed by atoms with Crippen LogP contribution in [0.2, 0.25) is 0 Å². The summed E-state index contributed by atoms with van der Waals surface area (Å²) in [4.78, 5) is 4.97. The van der Waals surface area contributed by atoms with Gasteiger partial charge >= 0.3 is 0 Å². The minimum atomic E-state index is 0.797. The van der Waals surface area contributed by atoms with Crippen LogP contribution in [-0.2, 0) is 0 Å². The first-order valence-corrected chi connectivity index (χ1v) is 5.89. The molecule has 1 aliphatic carbocycles. The second-order valence-electron chi connectivity index (χ2n) is 4.90. The van der Waals surface area contributed by atoms with Crippen molar-refractivity contribution >= 4 is 0 Å². The molecule has 0 radical (unpaired) electrons. The van der Waals surface area contributed by atoms with Crippen LogP contribution in [0.4, 0.5) is 0 Å². The van der Waals surface area contributed by atoms with E-state index < -0.39 is 0 Å². The molecule has 2 rings (SSSR count). The summed E-state index contributed by atoms with van der Waals surface area (Å²) in [6.45, 7) is 4.88. The Labute approximate surface area is 87.4 Å². The lowest BCUT2D eigenvalue weighted by atomic mass is 10.1. The quantitative estimate of drug-likeness (QED) is 0.705. The molecule has 2 fully saturated rings. The molecule has 2 atom stereocenters. The fraction of sp³-hybridized carbons (Fsp3) is 1.00. The van der Waals surface area contributed by atoms with Crippen molar-refractivity contribution < 1.29 is 0 Å². The van der Waals surface area contributed by atoms with E-state index in [1.807, 2.05) is 0 Å². The number of hydrogen-bond acceptors (Lipinski definition) is 3. The van der Waals surface area contributed by atoms with Gasteiger partial charge in [-0.2, -0.15) is 0 Å². The van der Waals surface area contributed by atoms with Gasteiger partial charge in [0.1, 0.15) is 0 Å². The second-order valence-corrected chi connectivity index (χ2v) is 4.90. The first-order chi connectivity index (χ1) is 6.77. The zero-order chi connectivity index (χ0) is 9.97. The largest absolute Gasteiger partial charge is 0.311 e. The van der Waals surface area contributed by atoms with Crippen molar-refractivity contribution in [2.24, 2.45) is 0 Å². The highest BCUT2D eigenvalue weighted by molar-refractivity contribution is 4.94. The monoisotopic (exact) mass is 197 g/mol. The average Bonchev–Trinajstić information content (AvgIpc) is 2.62. The molecule has 0 aromatic rings. The van der Waals surface area contributed by atoms with Gasteiger partial charge in [0.25, 0.3) is 0 Å². The van der Waals surface area contributed by atoms with Gasteiger partial charge in [0, 0.05) is 38.3 Å². The van der Waals surface area contributed by atoms with Crippen molar-refractivity contribution in [2.75, 3.05) is 40.3 Å². The standard InChI is InChI=1S/C11H23N3/c1-13(2)8-9-14-7-6-12-10-4-3-5-11(10)14/h10-12H,3-9H2,1-2H3/t10-,11-/m0/s1. The number of likely N-dealkylation sites (N-methyl/N-ethyl adjacent to an activating group) is 1. The Morgan fingerprint density at radius 3 is 3.00 bits per heavy atom. The van der Waals surface area contributed by atoms with Crippen molar-refractivity contribution in [3.05, 3.63) is 0 Å². The van der Waals surface area contributed by atoms with Crippen LogP contribution in [0.3, 0.4) is 0 Å². The first-order valence-electron chi connectivity index (χ1n) is 5.89. The molecule has 0 aromatic carbocycles. The Morgan fingerprint density at radius 2 is 2.21 bits per heavy atom. The molecular weight excluding hydrogens is 174 g/mol. The molecule has 0 unspecified atom stereocenters. The van der Waals surface area contributed by atoms with Gasteiger partial charge in [0.2, 0.25) is 0 Å². The summed E-state index contributed by atoms with van der Waals surface area (Å²) >= 11 is 0. The Hall–Kier alpha value is -0.120. The van der Waals surface area contributed by atoms with Crippen LogP contribution in [-0.4, -0.2) is 62.2 Å². The third-order valence-corrected chi connectivity index (χ3v) is 3.59. The van der Waals surface area contributed by atoms with Gasteiger partial charge in [-0.1, -0.05) is 6.42 Å². The van der Waals surface area contributed by atoms with Crippen molar-refractivity contribution in [3.63, 3.8) is 0 Å². The van der Waals surface area contributed by atoms with Gasteiger partial charge in [-0.25, -0.2) is 0 Å². The van der Waals surface area contributed by atoms with E-state index in [1.165, 1.54) is 45.4 Å². The Morgan fingerprint density at radius 1 is 1.36 bits per heavy atom. The molecular formula is C11H23N3. The van der Waals surface area contributed by atoms with Gasteiger partial charge < -0.3 is 10.2 Å². The highest BCUT2D eigenvalue weighted by Gasteiger charge is 2.34. The Balaban J connectivity index is 1.84. The normalized spacial score (nSPS) is 33.6. The van der Waals surface area contributed by atoms with Crippen molar-refractivity contribution in [2.45, 2.75) is 31.3 Å². The van der Waals surface area contributed by atoms with Crippen LogP contribution in [0.1, 0.15) is 19.3 Å². The average molecular weight is 197 g/mol. The second kappa shape index (κ2) is 4.60. The molecule has 1 N–H and O–H groups in total. The summed E-state index contributed by atoms with van der Waals surface area (Å²) in [5.41, 5.74) is 0. The molecule has 2 aliphatic rings. The van der Waals surface area contributed by atoms with Crippen LogP contribution in [0.25, 0.3) is 0 Å². The van der Waals surface area contributed by atoms with E-state index in [1.54, 1.807) is 0 Å². The summed E-state index contributed by atoms with van der Waals surface area (Å²) in [5, 5.41) is 3.64. The molecule has 0 bridgehead atoms. The molecule has 1 saturated heterocycles. The molecule has 82 valence electrons. The fourth-order valence-corrected chi connectivity index (χ4v) is 2.78. The summed E-state index contributed by atoms with van der Waals surface area (Å²) in [6.07, 6.45) is 4.22. The van der Waals surface area contributed by atoms with Crippen LogP contribution >= 0.6 is 0 Å². The van der Waals surface area contributed by atoms with Crippen molar-refractivity contribution in [1.29, 1.82) is 0 Å². The van der Waals surface area contributed by atoms with E-state index in [9.17, 15) is 0 Å². The number of piperazine rings is 1. The SMILES string of the molecule is CN(C)CCN1CCN[C@H]2CCC[C@@H]21. The molecule has 0 spiro atoms. The zero-order valence-corrected chi connectivity index (χ0v) is 9.50. The predicted octanol–water partition coefficient (Wildman–Crippen LogP) is 0.374. The number of nitrogens with zero attached hydrogens (tertiary/aromatic N) is 2. The summed E-state index contributed by atoms with van der Waals surface area (Å²) < 4.78 is 0. The van der Waals surface area contributed by atoms with Gasteiger partial charge in [0.05, 0.1) is 0 Å². The highest BCUT2D eigenvalue weighted by Crippen LogP contribution is 2.26. The fourth-order valence-electron chi connectivity index (χ4n) is 2.78. The zero-order valence-electron chi connectivity index (χ0n) is 9.50. The van der Waals surface area contributed by atoms with E-state index in [0.717, 1.165) is 12.1 Å². The van der Waals surface area contributed by atoms with Crippen molar-refractivity contribution in [1.82, 2.24) is 15.1 Å². The highest BCUT2D eigenvalue weighted by atomic mass is 15.3. The maximum absolute atomic E-state index is 3.64. The molecule has 1 saturated carbocycles. The molecule has 0 aromatic heterocycles. The van der Waals surface area contributed by atoms with E-state index in [0.29, 0.717) is 0 Å². The molecule has 1 heterocycles. The molecule has 3 heteroatoms. The van der Waals surface area contributed by atoms with Crippen LogP contribution in [0, 0.1) is 0 Å². The number of rotatable bonds is 3. The third kappa shape index (κ3) is 2.27. The molecule has 3 nitrogen and oxygen atoms in total. The molecule has 1 aliphatic heterocycles. The van der Waals surface area contributed by atoms with E-state index >= 15 is 0 Å². The van der Waals surface area contributed by atoms with Crippen LogP contribution in [0.5, 0.6) is 0 Å². The molecule has 14 heavy (non-hydrogen) atoms. The third-order valence-electron chi connectivity index (χ3n) is 3.59. The lowest BCUT2D eigenvalue weighted by Crippen LogP contribution is -2.56. The topological polar surface area (TPSA) is 18.5 Å². The van der Waals surface area contributed by atoms with Gasteiger partial charge in [-0.05, 0) is 26.9 Å². The number of fused-ring (bicyclic) bond motifs is 1.